The second-order valence-electron chi connectivity index (χ2n) is 6.69. The normalized spacial score (nSPS) is 20.1. The van der Waals surface area contributed by atoms with Crippen LogP contribution in [0, 0.1) is 13.8 Å². The van der Waals surface area contributed by atoms with Crippen LogP contribution in [0.15, 0.2) is 24.3 Å². The van der Waals surface area contributed by atoms with Gasteiger partial charge in [0.2, 0.25) is 0 Å². The molecule has 120 valence electrons. The van der Waals surface area contributed by atoms with Gasteiger partial charge in [0.05, 0.1) is 11.7 Å². The monoisotopic (exact) mass is 311 g/mol. The van der Waals surface area contributed by atoms with Crippen LogP contribution in [0.5, 0.6) is 5.75 Å². The molecule has 1 atom stereocenters. The summed E-state index contributed by atoms with van der Waals surface area (Å²) in [5, 5.41) is 4.52. The topological polar surface area (TPSA) is 47.4 Å². The van der Waals surface area contributed by atoms with Gasteiger partial charge in [-0.05, 0) is 50.6 Å². The van der Waals surface area contributed by atoms with Crippen LogP contribution in [0.3, 0.4) is 0 Å². The minimum atomic E-state index is 0.102. The van der Waals surface area contributed by atoms with Gasteiger partial charge in [0.1, 0.15) is 11.9 Å². The molecule has 0 radical (unpaired) electrons. The third kappa shape index (κ3) is 2.40. The van der Waals surface area contributed by atoms with Crippen LogP contribution in [0.1, 0.15) is 40.3 Å². The number of benzene rings is 1. The molecule has 0 N–H and O–H groups in total. The number of carbonyl (C=O) groups is 1. The predicted molar refractivity (Wildman–Crippen MR) is 86.9 cm³/mol. The number of aromatic nitrogens is 2. The largest absolute Gasteiger partial charge is 0.490 e. The SMILES string of the molecule is Cc1cc(C)n(C2CN(C(=O)c3ccc4c(c3)CC(C)O4)C2)n1. The van der Waals surface area contributed by atoms with Crippen molar-refractivity contribution in [2.24, 2.45) is 0 Å². The lowest BCUT2D eigenvalue weighted by Gasteiger charge is -2.39. The fourth-order valence-electron chi connectivity index (χ4n) is 3.53. The maximum atomic E-state index is 12.6. The highest BCUT2D eigenvalue weighted by Gasteiger charge is 2.34. The van der Waals surface area contributed by atoms with Gasteiger partial charge < -0.3 is 9.64 Å². The maximum Gasteiger partial charge on any atom is 0.254 e. The van der Waals surface area contributed by atoms with Crippen LogP contribution in [-0.4, -0.2) is 39.8 Å². The second kappa shape index (κ2) is 5.11. The minimum Gasteiger partial charge on any atom is -0.490 e. The van der Waals surface area contributed by atoms with Crippen LogP contribution in [0.25, 0.3) is 0 Å². The molecule has 2 aromatic rings. The zero-order chi connectivity index (χ0) is 16.1. The highest BCUT2D eigenvalue weighted by atomic mass is 16.5. The van der Waals surface area contributed by atoms with E-state index >= 15 is 0 Å². The van der Waals surface area contributed by atoms with Crippen LogP contribution in [0.4, 0.5) is 0 Å². The van der Waals surface area contributed by atoms with Crippen molar-refractivity contribution in [3.63, 3.8) is 0 Å². The third-order valence-electron chi connectivity index (χ3n) is 4.68. The number of ether oxygens (including phenoxy) is 1. The Balaban J connectivity index is 1.46. The second-order valence-corrected chi connectivity index (χ2v) is 6.69. The van der Waals surface area contributed by atoms with Gasteiger partial charge in [0, 0.05) is 30.8 Å². The van der Waals surface area contributed by atoms with E-state index < -0.39 is 0 Å². The van der Waals surface area contributed by atoms with Crippen molar-refractivity contribution in [3.8, 4) is 5.75 Å². The van der Waals surface area contributed by atoms with Crippen molar-refractivity contribution >= 4 is 5.91 Å². The summed E-state index contributed by atoms with van der Waals surface area (Å²) in [6, 6.07) is 8.15. The third-order valence-corrected chi connectivity index (χ3v) is 4.68. The molecule has 2 aliphatic heterocycles. The van der Waals surface area contributed by atoms with E-state index in [1.165, 1.54) is 0 Å². The molecule has 2 aliphatic rings. The molecular weight excluding hydrogens is 290 g/mol. The molecule has 1 amide bonds. The molecule has 1 saturated heterocycles. The lowest BCUT2D eigenvalue weighted by atomic mass is 10.0. The molecule has 3 heterocycles. The van der Waals surface area contributed by atoms with E-state index in [4.69, 9.17) is 4.74 Å². The highest BCUT2D eigenvalue weighted by molar-refractivity contribution is 5.95. The first-order valence-corrected chi connectivity index (χ1v) is 8.13. The Morgan fingerprint density at radius 3 is 2.74 bits per heavy atom. The maximum absolute atomic E-state index is 12.6. The molecule has 0 spiro atoms. The standard InChI is InChI=1S/C18H21N3O2/c1-11-6-12(2)21(19-11)16-9-20(10-16)18(22)14-4-5-17-15(8-14)7-13(3)23-17/h4-6,8,13,16H,7,9-10H2,1-3H3. The predicted octanol–water partition coefficient (Wildman–Crippen LogP) is 2.52. The summed E-state index contributed by atoms with van der Waals surface area (Å²) in [4.78, 5) is 14.5. The number of nitrogens with zero attached hydrogens (tertiary/aromatic N) is 3. The Morgan fingerprint density at radius 1 is 1.26 bits per heavy atom. The van der Waals surface area contributed by atoms with Gasteiger partial charge in [-0.1, -0.05) is 0 Å². The van der Waals surface area contributed by atoms with Crippen LogP contribution in [0.2, 0.25) is 0 Å². The van der Waals surface area contributed by atoms with E-state index in [1.807, 2.05) is 34.7 Å². The van der Waals surface area contributed by atoms with E-state index in [9.17, 15) is 4.79 Å². The molecule has 1 aromatic heterocycles. The fraction of sp³-hybridized carbons (Fsp3) is 0.444. The van der Waals surface area contributed by atoms with Gasteiger partial charge in [-0.15, -0.1) is 0 Å². The van der Waals surface area contributed by atoms with Crippen molar-refractivity contribution < 1.29 is 9.53 Å². The smallest absolute Gasteiger partial charge is 0.254 e. The Bertz CT molecular complexity index is 775. The molecule has 1 aromatic carbocycles. The zero-order valence-electron chi connectivity index (χ0n) is 13.7. The van der Waals surface area contributed by atoms with Crippen molar-refractivity contribution in [1.29, 1.82) is 0 Å². The molecule has 1 fully saturated rings. The van der Waals surface area contributed by atoms with E-state index in [0.29, 0.717) is 6.04 Å². The van der Waals surface area contributed by atoms with Gasteiger partial charge in [-0.2, -0.15) is 5.10 Å². The molecule has 0 aliphatic carbocycles. The minimum absolute atomic E-state index is 0.102. The van der Waals surface area contributed by atoms with E-state index in [0.717, 1.165) is 47.8 Å². The lowest BCUT2D eigenvalue weighted by molar-refractivity contribution is 0.0497. The summed E-state index contributed by atoms with van der Waals surface area (Å²) < 4.78 is 7.74. The number of hydrogen-bond donors (Lipinski definition) is 0. The Hall–Kier alpha value is -2.30. The highest BCUT2D eigenvalue weighted by Crippen LogP contribution is 2.31. The molecule has 4 rings (SSSR count). The summed E-state index contributed by atoms with van der Waals surface area (Å²) in [6.45, 7) is 7.57. The van der Waals surface area contributed by atoms with Crippen molar-refractivity contribution in [3.05, 3.63) is 46.8 Å². The first kappa shape index (κ1) is 14.3. The van der Waals surface area contributed by atoms with E-state index in [-0.39, 0.29) is 12.0 Å². The number of fused-ring (bicyclic) bond motifs is 1. The summed E-state index contributed by atoms with van der Waals surface area (Å²) >= 11 is 0. The van der Waals surface area contributed by atoms with Gasteiger partial charge in [0.25, 0.3) is 5.91 Å². The number of carbonyl (C=O) groups excluding carboxylic acids is 1. The average molecular weight is 311 g/mol. The number of aryl methyl sites for hydroxylation is 2. The molecular formula is C18H21N3O2. The van der Waals surface area contributed by atoms with Gasteiger partial charge in [-0.25, -0.2) is 0 Å². The van der Waals surface area contributed by atoms with Gasteiger partial charge in [-0.3, -0.25) is 9.48 Å². The Kier molecular flexibility index (Phi) is 3.18. The van der Waals surface area contributed by atoms with Crippen molar-refractivity contribution in [2.45, 2.75) is 39.3 Å². The quantitative estimate of drug-likeness (QED) is 0.856. The van der Waals surface area contributed by atoms with Crippen LogP contribution in [-0.2, 0) is 6.42 Å². The van der Waals surface area contributed by atoms with Crippen LogP contribution >= 0.6 is 0 Å². The molecule has 0 bridgehead atoms. The first-order chi connectivity index (χ1) is 11.0. The summed E-state index contributed by atoms with van der Waals surface area (Å²) in [5.41, 5.74) is 4.08. The fourth-order valence-corrected chi connectivity index (χ4v) is 3.53. The van der Waals surface area contributed by atoms with Gasteiger partial charge in [0.15, 0.2) is 0 Å². The average Bonchev–Trinajstić information content (AvgIpc) is 2.97. The summed E-state index contributed by atoms with van der Waals surface area (Å²) in [6.07, 6.45) is 1.08. The zero-order valence-corrected chi connectivity index (χ0v) is 13.7. The van der Waals surface area contributed by atoms with E-state index in [1.54, 1.807) is 0 Å². The summed E-state index contributed by atoms with van der Waals surface area (Å²) in [5.74, 6) is 1.02. The molecule has 1 unspecified atom stereocenters. The van der Waals surface area contributed by atoms with E-state index in [2.05, 4.69) is 25.0 Å². The number of hydrogen-bond acceptors (Lipinski definition) is 3. The Morgan fingerprint density at radius 2 is 2.04 bits per heavy atom. The molecule has 23 heavy (non-hydrogen) atoms. The Labute approximate surface area is 135 Å². The lowest BCUT2D eigenvalue weighted by Crippen LogP contribution is -2.51. The molecule has 5 heteroatoms. The number of likely N-dealkylation sites (tertiary alicyclic amines) is 1. The van der Waals surface area contributed by atoms with Gasteiger partial charge >= 0.3 is 0 Å². The van der Waals surface area contributed by atoms with Crippen molar-refractivity contribution in [2.75, 3.05) is 13.1 Å². The number of amides is 1. The van der Waals surface area contributed by atoms with Crippen molar-refractivity contribution in [1.82, 2.24) is 14.7 Å². The summed E-state index contributed by atoms with van der Waals surface area (Å²) in [7, 11) is 0. The molecule has 5 nitrogen and oxygen atoms in total. The molecule has 0 saturated carbocycles. The number of rotatable bonds is 2. The van der Waals surface area contributed by atoms with Crippen LogP contribution < -0.4 is 4.74 Å². The first-order valence-electron chi connectivity index (χ1n) is 8.13.